The smallest absolute Gasteiger partial charge is 0.0366 e. The Morgan fingerprint density at radius 3 is 2.65 bits per heavy atom. The molecule has 2 rings (SSSR count). The number of nitrogens with zero attached hydrogens (tertiary/aromatic N) is 1. The summed E-state index contributed by atoms with van der Waals surface area (Å²) in [4.78, 5) is 2.51. The molecule has 1 heterocycles. The second kappa shape index (κ2) is 5.54. The molecule has 0 spiro atoms. The van der Waals surface area contributed by atoms with Crippen LogP contribution in [0.1, 0.15) is 44.7 Å². The average Bonchev–Trinajstić information content (AvgIpc) is 2.78. The van der Waals surface area contributed by atoms with Crippen LogP contribution in [-0.4, -0.2) is 13.1 Å². The van der Waals surface area contributed by atoms with E-state index in [0.717, 1.165) is 5.92 Å². The molecule has 0 saturated carbocycles. The van der Waals surface area contributed by atoms with Crippen LogP contribution in [0.4, 0.5) is 5.69 Å². The minimum atomic E-state index is 0.135. The zero-order chi connectivity index (χ0) is 12.3. The van der Waals surface area contributed by atoms with E-state index in [-0.39, 0.29) is 6.04 Å². The molecule has 2 N–H and O–H groups in total. The van der Waals surface area contributed by atoms with Crippen LogP contribution in [0.2, 0.25) is 0 Å². The van der Waals surface area contributed by atoms with Crippen LogP contribution in [0.25, 0.3) is 0 Å². The maximum Gasteiger partial charge on any atom is 0.0366 e. The lowest BCUT2D eigenvalue weighted by molar-refractivity contribution is 0.530. The molecule has 2 atom stereocenters. The van der Waals surface area contributed by atoms with E-state index in [1.807, 2.05) is 6.92 Å². The third-order valence-electron chi connectivity index (χ3n) is 3.77. The molecule has 17 heavy (non-hydrogen) atoms. The third-order valence-corrected chi connectivity index (χ3v) is 3.77. The molecule has 0 radical (unpaired) electrons. The Morgan fingerprint density at radius 1 is 1.35 bits per heavy atom. The predicted molar refractivity (Wildman–Crippen MR) is 74.3 cm³/mol. The topological polar surface area (TPSA) is 29.3 Å². The van der Waals surface area contributed by atoms with Crippen LogP contribution in [-0.2, 0) is 0 Å². The van der Waals surface area contributed by atoms with E-state index in [1.54, 1.807) is 0 Å². The van der Waals surface area contributed by atoms with Crippen molar-refractivity contribution in [2.75, 3.05) is 18.0 Å². The van der Waals surface area contributed by atoms with Crippen molar-refractivity contribution in [3.63, 3.8) is 0 Å². The van der Waals surface area contributed by atoms with Crippen molar-refractivity contribution in [2.24, 2.45) is 11.7 Å². The lowest BCUT2D eigenvalue weighted by atomic mass is 10.0. The summed E-state index contributed by atoms with van der Waals surface area (Å²) in [6, 6.07) is 8.89. The van der Waals surface area contributed by atoms with Crippen molar-refractivity contribution >= 4 is 5.69 Å². The van der Waals surface area contributed by atoms with Crippen molar-refractivity contribution in [2.45, 2.75) is 39.2 Å². The molecule has 2 nitrogen and oxygen atoms in total. The summed E-state index contributed by atoms with van der Waals surface area (Å²) in [5.74, 6) is 0.896. The van der Waals surface area contributed by atoms with Crippen LogP contribution in [0.3, 0.4) is 0 Å². The molecule has 94 valence electrons. The van der Waals surface area contributed by atoms with E-state index in [4.69, 9.17) is 5.73 Å². The molecule has 0 aliphatic carbocycles. The van der Waals surface area contributed by atoms with E-state index >= 15 is 0 Å². The summed E-state index contributed by atoms with van der Waals surface area (Å²) in [6.45, 7) is 6.75. The van der Waals surface area contributed by atoms with Gasteiger partial charge in [-0.2, -0.15) is 0 Å². The van der Waals surface area contributed by atoms with Crippen LogP contribution in [0.15, 0.2) is 24.3 Å². The molecular formula is C15H24N2. The number of rotatable bonds is 4. The van der Waals surface area contributed by atoms with Gasteiger partial charge >= 0.3 is 0 Å². The lowest BCUT2D eigenvalue weighted by Gasteiger charge is -2.19. The Bertz CT molecular complexity index is 342. The highest BCUT2D eigenvalue weighted by molar-refractivity contribution is 5.48. The maximum absolute atomic E-state index is 5.87. The Morgan fingerprint density at radius 2 is 2.06 bits per heavy atom. The fourth-order valence-corrected chi connectivity index (χ4v) is 2.70. The van der Waals surface area contributed by atoms with Gasteiger partial charge in [0.25, 0.3) is 0 Å². The van der Waals surface area contributed by atoms with Crippen LogP contribution < -0.4 is 10.6 Å². The molecule has 2 heteroatoms. The molecular weight excluding hydrogens is 208 g/mol. The Hall–Kier alpha value is -1.02. The number of anilines is 1. The van der Waals surface area contributed by atoms with Crippen molar-refractivity contribution in [1.29, 1.82) is 0 Å². The summed E-state index contributed by atoms with van der Waals surface area (Å²) in [5.41, 5.74) is 8.44. The summed E-state index contributed by atoms with van der Waals surface area (Å²) in [6.07, 6.45) is 4.03. The molecule has 1 saturated heterocycles. The highest BCUT2D eigenvalue weighted by Gasteiger charge is 2.21. The van der Waals surface area contributed by atoms with Gasteiger partial charge < -0.3 is 10.6 Å². The second-order valence-electron chi connectivity index (χ2n) is 5.27. The van der Waals surface area contributed by atoms with Gasteiger partial charge in [-0.1, -0.05) is 25.5 Å². The Labute approximate surface area is 105 Å². The summed E-state index contributed by atoms with van der Waals surface area (Å²) in [7, 11) is 0. The molecule has 0 amide bonds. The third kappa shape index (κ3) is 3.01. The van der Waals surface area contributed by atoms with Crippen LogP contribution >= 0.6 is 0 Å². The predicted octanol–water partition coefficient (Wildman–Crippen LogP) is 3.33. The van der Waals surface area contributed by atoms with Crippen molar-refractivity contribution in [1.82, 2.24) is 0 Å². The van der Waals surface area contributed by atoms with E-state index < -0.39 is 0 Å². The van der Waals surface area contributed by atoms with Gasteiger partial charge in [0.2, 0.25) is 0 Å². The summed E-state index contributed by atoms with van der Waals surface area (Å²) >= 11 is 0. The second-order valence-corrected chi connectivity index (χ2v) is 5.27. The number of benzene rings is 1. The minimum Gasteiger partial charge on any atom is -0.371 e. The standard InChI is InChI=1S/C15H24N2/c1-3-4-13-9-10-17(11-13)15-7-5-14(6-8-15)12(2)16/h5-8,12-13H,3-4,9-11,16H2,1-2H3. The first-order valence-corrected chi connectivity index (χ1v) is 6.81. The summed E-state index contributed by atoms with van der Waals surface area (Å²) in [5, 5.41) is 0. The first-order chi connectivity index (χ1) is 8.20. The van der Waals surface area contributed by atoms with Crippen LogP contribution in [0, 0.1) is 5.92 Å². The Kier molecular flexibility index (Phi) is 4.06. The zero-order valence-electron chi connectivity index (χ0n) is 11.0. The van der Waals surface area contributed by atoms with Gasteiger partial charge in [0.05, 0.1) is 0 Å². The summed E-state index contributed by atoms with van der Waals surface area (Å²) < 4.78 is 0. The average molecular weight is 232 g/mol. The monoisotopic (exact) mass is 232 g/mol. The van der Waals surface area contributed by atoms with Gasteiger partial charge in [0.1, 0.15) is 0 Å². The van der Waals surface area contributed by atoms with E-state index in [2.05, 4.69) is 36.1 Å². The molecule has 0 bridgehead atoms. The fraction of sp³-hybridized carbons (Fsp3) is 0.600. The molecule has 1 aromatic carbocycles. The molecule has 1 aliphatic heterocycles. The van der Waals surface area contributed by atoms with Crippen molar-refractivity contribution in [3.05, 3.63) is 29.8 Å². The molecule has 1 fully saturated rings. The van der Waals surface area contributed by atoms with Gasteiger partial charge in [-0.25, -0.2) is 0 Å². The lowest BCUT2D eigenvalue weighted by Crippen LogP contribution is -2.19. The normalized spacial score (nSPS) is 21.8. The largest absolute Gasteiger partial charge is 0.371 e. The van der Waals surface area contributed by atoms with E-state index in [0.29, 0.717) is 0 Å². The van der Waals surface area contributed by atoms with Gasteiger partial charge in [0.15, 0.2) is 0 Å². The molecule has 2 unspecified atom stereocenters. The van der Waals surface area contributed by atoms with E-state index in [1.165, 1.54) is 43.6 Å². The zero-order valence-corrected chi connectivity index (χ0v) is 11.0. The first-order valence-electron chi connectivity index (χ1n) is 6.81. The van der Waals surface area contributed by atoms with E-state index in [9.17, 15) is 0 Å². The fourth-order valence-electron chi connectivity index (χ4n) is 2.70. The number of hydrogen-bond acceptors (Lipinski definition) is 2. The van der Waals surface area contributed by atoms with Crippen molar-refractivity contribution in [3.8, 4) is 0 Å². The van der Waals surface area contributed by atoms with Gasteiger partial charge in [-0.3, -0.25) is 0 Å². The van der Waals surface area contributed by atoms with Gasteiger partial charge in [0, 0.05) is 24.8 Å². The Balaban J connectivity index is 1.99. The van der Waals surface area contributed by atoms with Gasteiger partial charge in [-0.05, 0) is 43.4 Å². The molecule has 0 aromatic heterocycles. The number of nitrogens with two attached hydrogens (primary N) is 1. The quantitative estimate of drug-likeness (QED) is 0.862. The molecule has 1 aromatic rings. The minimum absolute atomic E-state index is 0.135. The SMILES string of the molecule is CCCC1CCN(c2ccc(C(C)N)cc2)C1. The first kappa shape index (κ1) is 12.4. The van der Waals surface area contributed by atoms with Crippen LogP contribution in [0.5, 0.6) is 0 Å². The highest BCUT2D eigenvalue weighted by atomic mass is 15.1. The number of hydrogen-bond donors (Lipinski definition) is 1. The van der Waals surface area contributed by atoms with Gasteiger partial charge in [-0.15, -0.1) is 0 Å². The maximum atomic E-state index is 5.87. The molecule has 1 aliphatic rings. The van der Waals surface area contributed by atoms with Crippen molar-refractivity contribution < 1.29 is 0 Å². The highest BCUT2D eigenvalue weighted by Crippen LogP contribution is 2.27.